The highest BCUT2D eigenvalue weighted by molar-refractivity contribution is 6.31. The molecule has 0 saturated carbocycles. The Hall–Kier alpha value is -1.74. The van der Waals surface area contributed by atoms with Crippen LogP contribution in [0, 0.1) is 0 Å². The Kier molecular flexibility index (Phi) is 4.84. The van der Waals surface area contributed by atoms with Gasteiger partial charge in [-0.05, 0) is 48.0 Å². The Morgan fingerprint density at radius 1 is 0.818 bits per heavy atom. The first-order valence-corrected chi connectivity index (χ1v) is 7.77. The topological polar surface area (TPSA) is 25.2 Å². The zero-order valence-electron chi connectivity index (χ0n) is 11.9. The van der Waals surface area contributed by atoms with Gasteiger partial charge in [0.25, 0.3) is 0 Å². The molecule has 4 heteroatoms. The van der Waals surface area contributed by atoms with Crippen LogP contribution in [0.25, 0.3) is 11.3 Å². The molecule has 0 saturated heterocycles. The summed E-state index contributed by atoms with van der Waals surface area (Å²) in [7, 11) is 0. The summed E-state index contributed by atoms with van der Waals surface area (Å²) < 4.78 is 5.84. The Labute approximate surface area is 139 Å². The standard InChI is InChI=1S/C18H15Cl2NO/c19-15-7-5-13(6-8-15)18-10-9-16(22-18)12-21-11-14-3-1-2-4-17(14)20/h1-10,21H,11-12H2. The van der Waals surface area contributed by atoms with Crippen molar-refractivity contribution in [2.45, 2.75) is 13.1 Å². The van der Waals surface area contributed by atoms with Crippen molar-refractivity contribution in [2.24, 2.45) is 0 Å². The number of rotatable bonds is 5. The van der Waals surface area contributed by atoms with E-state index in [0.717, 1.165) is 32.7 Å². The van der Waals surface area contributed by atoms with Gasteiger partial charge < -0.3 is 9.73 Å². The van der Waals surface area contributed by atoms with Gasteiger partial charge in [-0.25, -0.2) is 0 Å². The van der Waals surface area contributed by atoms with Gasteiger partial charge in [-0.1, -0.05) is 41.4 Å². The minimum absolute atomic E-state index is 0.652. The normalized spacial score (nSPS) is 10.8. The van der Waals surface area contributed by atoms with Crippen LogP contribution in [0.4, 0.5) is 0 Å². The third-order valence-corrected chi connectivity index (χ3v) is 3.98. The molecule has 1 N–H and O–H groups in total. The predicted molar refractivity (Wildman–Crippen MR) is 91.1 cm³/mol. The summed E-state index contributed by atoms with van der Waals surface area (Å²) in [5.74, 6) is 1.73. The molecule has 1 aromatic heterocycles. The van der Waals surface area contributed by atoms with Gasteiger partial charge in [0.15, 0.2) is 0 Å². The lowest BCUT2D eigenvalue weighted by atomic mass is 10.2. The average Bonchev–Trinajstić information content (AvgIpc) is 2.99. The molecule has 22 heavy (non-hydrogen) atoms. The van der Waals surface area contributed by atoms with Crippen molar-refractivity contribution < 1.29 is 4.42 Å². The number of furan rings is 1. The minimum Gasteiger partial charge on any atom is -0.460 e. The van der Waals surface area contributed by atoms with E-state index in [1.165, 1.54) is 0 Å². The Bertz CT molecular complexity index is 750. The van der Waals surface area contributed by atoms with Crippen molar-refractivity contribution >= 4 is 23.2 Å². The monoisotopic (exact) mass is 331 g/mol. The van der Waals surface area contributed by atoms with Crippen LogP contribution < -0.4 is 5.32 Å². The largest absolute Gasteiger partial charge is 0.460 e. The van der Waals surface area contributed by atoms with Crippen molar-refractivity contribution in [3.8, 4) is 11.3 Å². The number of nitrogens with one attached hydrogen (secondary N) is 1. The summed E-state index contributed by atoms with van der Waals surface area (Å²) in [4.78, 5) is 0. The SMILES string of the molecule is Clc1ccc(-c2ccc(CNCc3ccccc3Cl)o2)cc1. The zero-order chi connectivity index (χ0) is 15.4. The third kappa shape index (κ3) is 3.72. The summed E-state index contributed by atoms with van der Waals surface area (Å²) in [6, 6.07) is 19.4. The zero-order valence-corrected chi connectivity index (χ0v) is 13.4. The molecule has 0 aliphatic heterocycles. The first-order valence-electron chi connectivity index (χ1n) is 7.01. The molecule has 0 radical (unpaired) electrons. The van der Waals surface area contributed by atoms with Crippen molar-refractivity contribution in [3.63, 3.8) is 0 Å². The second-order valence-corrected chi connectivity index (χ2v) is 5.81. The number of benzene rings is 2. The molecule has 0 aliphatic rings. The first kappa shape index (κ1) is 15.2. The molecule has 0 fully saturated rings. The maximum absolute atomic E-state index is 6.13. The second-order valence-electron chi connectivity index (χ2n) is 4.97. The molecule has 3 rings (SSSR count). The van der Waals surface area contributed by atoms with Crippen LogP contribution in [0.5, 0.6) is 0 Å². The Morgan fingerprint density at radius 2 is 1.59 bits per heavy atom. The number of hydrogen-bond acceptors (Lipinski definition) is 2. The maximum atomic E-state index is 6.13. The van der Waals surface area contributed by atoms with Gasteiger partial charge in [-0.3, -0.25) is 0 Å². The smallest absolute Gasteiger partial charge is 0.134 e. The van der Waals surface area contributed by atoms with E-state index in [1.807, 2.05) is 60.7 Å². The van der Waals surface area contributed by atoms with E-state index < -0.39 is 0 Å². The fourth-order valence-corrected chi connectivity index (χ4v) is 2.53. The molecule has 1 heterocycles. The van der Waals surface area contributed by atoms with Crippen LogP contribution in [-0.2, 0) is 13.1 Å². The summed E-state index contributed by atoms with van der Waals surface area (Å²) in [5, 5.41) is 4.83. The summed E-state index contributed by atoms with van der Waals surface area (Å²) in [6.45, 7) is 1.36. The van der Waals surface area contributed by atoms with Crippen molar-refractivity contribution in [1.82, 2.24) is 5.32 Å². The van der Waals surface area contributed by atoms with Gasteiger partial charge in [0.1, 0.15) is 11.5 Å². The van der Waals surface area contributed by atoms with Gasteiger partial charge in [-0.2, -0.15) is 0 Å². The molecule has 0 spiro atoms. The molecule has 0 bridgehead atoms. The highest BCUT2D eigenvalue weighted by Crippen LogP contribution is 2.24. The Balaban J connectivity index is 1.60. The van der Waals surface area contributed by atoms with E-state index in [4.69, 9.17) is 27.6 Å². The van der Waals surface area contributed by atoms with E-state index in [0.29, 0.717) is 13.1 Å². The molecule has 2 nitrogen and oxygen atoms in total. The van der Waals surface area contributed by atoms with Gasteiger partial charge >= 0.3 is 0 Å². The van der Waals surface area contributed by atoms with Crippen LogP contribution in [0.2, 0.25) is 10.0 Å². The minimum atomic E-state index is 0.652. The summed E-state index contributed by atoms with van der Waals surface area (Å²) in [5.41, 5.74) is 2.09. The molecule has 2 aromatic carbocycles. The van der Waals surface area contributed by atoms with E-state index in [2.05, 4.69) is 5.32 Å². The molecule has 0 unspecified atom stereocenters. The van der Waals surface area contributed by atoms with Gasteiger partial charge in [0.05, 0.1) is 6.54 Å². The molecular formula is C18H15Cl2NO. The van der Waals surface area contributed by atoms with Gasteiger partial charge in [-0.15, -0.1) is 0 Å². The van der Waals surface area contributed by atoms with Gasteiger partial charge in [0.2, 0.25) is 0 Å². The molecular weight excluding hydrogens is 317 g/mol. The lowest BCUT2D eigenvalue weighted by Gasteiger charge is -2.05. The quantitative estimate of drug-likeness (QED) is 0.663. The van der Waals surface area contributed by atoms with Crippen LogP contribution in [0.1, 0.15) is 11.3 Å². The Morgan fingerprint density at radius 3 is 2.36 bits per heavy atom. The molecule has 0 amide bonds. The fraction of sp³-hybridized carbons (Fsp3) is 0.111. The molecule has 0 aliphatic carbocycles. The van der Waals surface area contributed by atoms with E-state index in [-0.39, 0.29) is 0 Å². The predicted octanol–water partition coefficient (Wildman–Crippen LogP) is 5.54. The maximum Gasteiger partial charge on any atom is 0.134 e. The van der Waals surface area contributed by atoms with Crippen LogP contribution >= 0.6 is 23.2 Å². The lowest BCUT2D eigenvalue weighted by Crippen LogP contribution is -2.12. The third-order valence-electron chi connectivity index (χ3n) is 3.36. The highest BCUT2D eigenvalue weighted by Gasteiger charge is 2.05. The van der Waals surface area contributed by atoms with E-state index >= 15 is 0 Å². The molecule has 0 atom stereocenters. The number of hydrogen-bond donors (Lipinski definition) is 1. The lowest BCUT2D eigenvalue weighted by molar-refractivity contribution is 0.493. The van der Waals surface area contributed by atoms with Gasteiger partial charge in [0, 0.05) is 22.2 Å². The first-order chi connectivity index (χ1) is 10.7. The summed E-state index contributed by atoms with van der Waals surface area (Å²) >= 11 is 12.0. The molecule has 3 aromatic rings. The van der Waals surface area contributed by atoms with Crippen LogP contribution in [0.3, 0.4) is 0 Å². The van der Waals surface area contributed by atoms with Crippen molar-refractivity contribution in [3.05, 3.63) is 82.0 Å². The van der Waals surface area contributed by atoms with E-state index in [1.54, 1.807) is 0 Å². The van der Waals surface area contributed by atoms with Crippen LogP contribution in [0.15, 0.2) is 65.1 Å². The number of halogens is 2. The van der Waals surface area contributed by atoms with E-state index in [9.17, 15) is 0 Å². The molecule has 112 valence electrons. The van der Waals surface area contributed by atoms with Crippen molar-refractivity contribution in [1.29, 1.82) is 0 Å². The van der Waals surface area contributed by atoms with Crippen molar-refractivity contribution in [2.75, 3.05) is 0 Å². The summed E-state index contributed by atoms with van der Waals surface area (Å²) in [6.07, 6.45) is 0. The fourth-order valence-electron chi connectivity index (χ4n) is 2.20. The second kappa shape index (κ2) is 7.01. The average molecular weight is 332 g/mol. The highest BCUT2D eigenvalue weighted by atomic mass is 35.5. The van der Waals surface area contributed by atoms with Crippen LogP contribution in [-0.4, -0.2) is 0 Å².